The molecule has 7 atom stereocenters. The molecule has 2 aromatic heterocycles. The largest absolute Gasteiger partial charge is 0.394 e. The van der Waals surface area contributed by atoms with Gasteiger partial charge in [-0.15, -0.1) is 22.0 Å². The van der Waals surface area contributed by atoms with E-state index in [2.05, 4.69) is 20.6 Å². The molecule has 1 aliphatic heterocycles. The molecule has 47 heavy (non-hydrogen) atoms. The minimum atomic E-state index is -1.32. The summed E-state index contributed by atoms with van der Waals surface area (Å²) < 4.78 is 31.5. The molecule has 2 fully saturated rings. The van der Waals surface area contributed by atoms with Crippen LogP contribution in [0.5, 0.6) is 0 Å². The van der Waals surface area contributed by atoms with Crippen LogP contribution in [0, 0.1) is 5.92 Å². The van der Waals surface area contributed by atoms with Crippen molar-refractivity contribution in [1.82, 2.24) is 30.0 Å². The van der Waals surface area contributed by atoms with E-state index >= 15 is 0 Å². The summed E-state index contributed by atoms with van der Waals surface area (Å²) in [5.41, 5.74) is 0.880. The number of aliphatic hydroxyl groups excluding tert-OH is 5. The van der Waals surface area contributed by atoms with Crippen LogP contribution in [0.4, 0.5) is 0 Å². The lowest BCUT2D eigenvalue weighted by atomic mass is 9.82. The second-order valence-electron chi connectivity index (χ2n) is 12.0. The lowest BCUT2D eigenvalue weighted by Gasteiger charge is -2.39. The van der Waals surface area contributed by atoms with Crippen LogP contribution in [0.1, 0.15) is 56.3 Å². The number of unbranched alkanes of at least 4 members (excludes halogenated alkanes) is 4. The third-order valence-corrected chi connectivity index (χ3v) is 9.49. The summed E-state index contributed by atoms with van der Waals surface area (Å²) in [6.07, 6.45) is 5.75. The number of aliphatic hydroxyl groups is 5. The Hall–Kier alpha value is -1.77. The van der Waals surface area contributed by atoms with Gasteiger partial charge in [-0.3, -0.25) is 4.68 Å². The first-order chi connectivity index (χ1) is 22.9. The molecule has 1 saturated carbocycles. The van der Waals surface area contributed by atoms with Gasteiger partial charge in [0.25, 0.3) is 0 Å². The Morgan fingerprint density at radius 3 is 2.06 bits per heavy atom. The van der Waals surface area contributed by atoms with Crippen molar-refractivity contribution in [2.75, 3.05) is 52.0 Å². The van der Waals surface area contributed by atoms with E-state index in [9.17, 15) is 25.5 Å². The molecule has 0 radical (unpaired) electrons. The first kappa shape index (κ1) is 38.0. The number of thioether (sulfide) groups is 1. The Bertz CT molecular complexity index is 1110. The molecular formula is C30H52N6O10S. The number of hydrogen-bond acceptors (Lipinski definition) is 15. The molecular weight excluding hydrogens is 636 g/mol. The average Bonchev–Trinajstić information content (AvgIpc) is 3.73. The first-order valence-corrected chi connectivity index (χ1v) is 17.7. The molecule has 3 heterocycles. The Kier molecular flexibility index (Phi) is 17.3. The van der Waals surface area contributed by atoms with Gasteiger partial charge in [0, 0.05) is 19.1 Å². The molecule has 16 nitrogen and oxygen atoms in total. The minimum absolute atomic E-state index is 0.218. The maximum atomic E-state index is 10.1. The Morgan fingerprint density at radius 1 is 0.723 bits per heavy atom. The van der Waals surface area contributed by atoms with Gasteiger partial charge in [-0.2, -0.15) is 0 Å². The summed E-state index contributed by atoms with van der Waals surface area (Å²) >= 11 is 1.40. The zero-order valence-electron chi connectivity index (χ0n) is 27.0. The zero-order chi connectivity index (χ0) is 33.3. The van der Waals surface area contributed by atoms with Crippen LogP contribution in [-0.4, -0.2) is 143 Å². The van der Waals surface area contributed by atoms with E-state index < -0.39 is 36.5 Å². The van der Waals surface area contributed by atoms with Crippen molar-refractivity contribution >= 4 is 11.8 Å². The molecule has 4 rings (SSSR count). The molecule has 5 N–H and O–H groups in total. The summed E-state index contributed by atoms with van der Waals surface area (Å²) in [4.78, 5) is 0. The number of rotatable bonds is 25. The van der Waals surface area contributed by atoms with Crippen molar-refractivity contribution in [1.29, 1.82) is 0 Å². The van der Waals surface area contributed by atoms with Crippen LogP contribution < -0.4 is 0 Å². The second kappa shape index (κ2) is 21.3. The lowest BCUT2D eigenvalue weighted by Crippen LogP contribution is -2.57. The molecule has 0 aromatic carbocycles. The van der Waals surface area contributed by atoms with Gasteiger partial charge >= 0.3 is 0 Å². The highest BCUT2D eigenvalue weighted by Gasteiger charge is 2.43. The number of hydrogen-bond donors (Lipinski definition) is 5. The van der Waals surface area contributed by atoms with Gasteiger partial charge in [0.05, 0.1) is 77.9 Å². The van der Waals surface area contributed by atoms with Gasteiger partial charge in [0.15, 0.2) is 0 Å². The maximum Gasteiger partial charge on any atom is 0.132 e. The van der Waals surface area contributed by atoms with Gasteiger partial charge in [-0.1, -0.05) is 29.7 Å². The summed E-state index contributed by atoms with van der Waals surface area (Å²) in [7, 11) is 0. The van der Waals surface area contributed by atoms with E-state index in [1.807, 2.05) is 12.4 Å². The highest BCUT2D eigenvalue weighted by Crippen LogP contribution is 2.29. The Morgan fingerprint density at radius 2 is 1.36 bits per heavy atom. The van der Waals surface area contributed by atoms with Gasteiger partial charge < -0.3 is 49.2 Å². The Labute approximate surface area is 279 Å². The molecule has 2 aliphatic rings. The molecule has 7 unspecified atom stereocenters. The van der Waals surface area contributed by atoms with Gasteiger partial charge in [0.2, 0.25) is 0 Å². The van der Waals surface area contributed by atoms with Crippen molar-refractivity contribution in [2.24, 2.45) is 5.92 Å². The van der Waals surface area contributed by atoms with Crippen molar-refractivity contribution in [3.05, 3.63) is 23.8 Å². The minimum Gasteiger partial charge on any atom is -0.394 e. The fraction of sp³-hybridized carbons (Fsp3) is 0.867. The van der Waals surface area contributed by atoms with E-state index in [4.69, 9.17) is 23.7 Å². The normalized spacial score (nSPS) is 26.1. The number of ether oxygens (including phenoxy) is 5. The Balaban J connectivity index is 0.894. The number of nitrogens with zero attached hydrogens (tertiary/aromatic N) is 6. The van der Waals surface area contributed by atoms with E-state index in [0.717, 1.165) is 62.1 Å². The molecule has 268 valence electrons. The second-order valence-corrected chi connectivity index (χ2v) is 13.2. The predicted molar refractivity (Wildman–Crippen MR) is 169 cm³/mol. The highest BCUT2D eigenvalue weighted by atomic mass is 32.2. The van der Waals surface area contributed by atoms with E-state index in [-0.39, 0.29) is 12.0 Å². The summed E-state index contributed by atoms with van der Waals surface area (Å²) in [6, 6.07) is 0. The summed E-state index contributed by atoms with van der Waals surface area (Å²) in [6.45, 7) is 4.67. The molecule has 17 heteroatoms. The van der Waals surface area contributed by atoms with Gasteiger partial charge in [-0.05, 0) is 31.4 Å². The van der Waals surface area contributed by atoms with Gasteiger partial charge in [-0.25, -0.2) is 4.68 Å². The topological polar surface area (TPSA) is 209 Å². The third kappa shape index (κ3) is 13.2. The van der Waals surface area contributed by atoms with Crippen LogP contribution in [0.2, 0.25) is 0 Å². The van der Waals surface area contributed by atoms with Gasteiger partial charge in [0.1, 0.15) is 41.2 Å². The third-order valence-electron chi connectivity index (χ3n) is 8.24. The highest BCUT2D eigenvalue weighted by molar-refractivity contribution is 7.99. The van der Waals surface area contributed by atoms with Crippen LogP contribution in [0.3, 0.4) is 0 Å². The molecule has 0 amide bonds. The first-order valence-electron chi connectivity index (χ1n) is 16.6. The summed E-state index contributed by atoms with van der Waals surface area (Å²) in [5.74, 6) is 1.03. The SMILES string of the molecule is OCC1OC(SCCCCCCCOCc2cn(CCOCCOCCOCc3cn(CC4CCC4O)nn3)nn2)C(O)C(O)C1O. The van der Waals surface area contributed by atoms with Crippen molar-refractivity contribution in [2.45, 2.75) is 107 Å². The van der Waals surface area contributed by atoms with Crippen LogP contribution in [0.25, 0.3) is 0 Å². The molecule has 1 saturated heterocycles. The van der Waals surface area contributed by atoms with Crippen LogP contribution in [0.15, 0.2) is 12.4 Å². The quantitative estimate of drug-likeness (QED) is 0.0863. The maximum absolute atomic E-state index is 10.1. The van der Waals surface area contributed by atoms with E-state index in [0.29, 0.717) is 65.9 Å². The van der Waals surface area contributed by atoms with Crippen LogP contribution in [-0.2, 0) is 50.0 Å². The fourth-order valence-electron chi connectivity index (χ4n) is 5.21. The monoisotopic (exact) mass is 688 g/mol. The van der Waals surface area contributed by atoms with Crippen molar-refractivity contribution in [3.8, 4) is 0 Å². The van der Waals surface area contributed by atoms with Crippen molar-refractivity contribution in [3.63, 3.8) is 0 Å². The fourth-order valence-corrected chi connectivity index (χ4v) is 6.39. The van der Waals surface area contributed by atoms with E-state index in [1.54, 1.807) is 9.36 Å². The standard InChI is InChI=1S/C30H52N6O10S/c37-19-26-27(39)28(40)29(41)30(46-26)47-15-5-3-1-2-4-9-44-20-23-17-35(33-31-23)8-10-42-11-12-43-13-14-45-21-24-18-36(34-32-24)16-22-6-7-25(22)38/h17-18,22,25-30,37-41H,1-16,19-21H2. The smallest absolute Gasteiger partial charge is 0.132 e. The van der Waals surface area contributed by atoms with Crippen LogP contribution >= 0.6 is 11.8 Å². The van der Waals surface area contributed by atoms with Crippen molar-refractivity contribution < 1.29 is 49.2 Å². The number of aromatic nitrogens is 6. The molecule has 0 bridgehead atoms. The predicted octanol–water partition coefficient (Wildman–Crippen LogP) is -0.109. The molecule has 0 spiro atoms. The molecule has 1 aliphatic carbocycles. The average molecular weight is 689 g/mol. The zero-order valence-corrected chi connectivity index (χ0v) is 27.8. The van der Waals surface area contributed by atoms with E-state index in [1.165, 1.54) is 11.8 Å². The lowest BCUT2D eigenvalue weighted by molar-refractivity contribution is -0.205. The summed E-state index contributed by atoms with van der Waals surface area (Å²) in [5, 5.41) is 65.3. The molecule has 2 aromatic rings.